The highest BCUT2D eigenvalue weighted by molar-refractivity contribution is 6.03. The fourth-order valence-corrected chi connectivity index (χ4v) is 2.65. The first-order chi connectivity index (χ1) is 11.7. The number of hydrogen-bond donors (Lipinski definition) is 3. The lowest BCUT2D eigenvalue weighted by molar-refractivity contribution is 0.102. The van der Waals surface area contributed by atoms with Crippen LogP contribution >= 0.6 is 0 Å². The summed E-state index contributed by atoms with van der Waals surface area (Å²) in [6.45, 7) is 0. The van der Waals surface area contributed by atoms with Crippen molar-refractivity contribution in [1.29, 1.82) is 0 Å². The molecule has 0 bridgehead atoms. The third kappa shape index (κ3) is 2.62. The van der Waals surface area contributed by atoms with Gasteiger partial charge in [-0.05, 0) is 31.4 Å². The Morgan fingerprint density at radius 2 is 2.08 bits per heavy atom. The molecule has 122 valence electrons. The Morgan fingerprint density at radius 1 is 1.29 bits per heavy atom. The molecule has 8 heteroatoms. The largest absolute Gasteiger partial charge is 0.382 e. The van der Waals surface area contributed by atoms with Crippen molar-refractivity contribution in [3.63, 3.8) is 0 Å². The number of amides is 1. The molecule has 8 nitrogen and oxygen atoms in total. The Kier molecular flexibility index (Phi) is 3.49. The lowest BCUT2D eigenvalue weighted by Gasteiger charge is -2.27. The maximum absolute atomic E-state index is 12.5. The number of nitrogens with two attached hydrogens (primary N) is 1. The van der Waals surface area contributed by atoms with E-state index in [-0.39, 0.29) is 5.91 Å². The number of hydrogen-bond acceptors (Lipinski definition) is 6. The van der Waals surface area contributed by atoms with Crippen molar-refractivity contribution in [3.8, 4) is 0 Å². The Bertz CT molecular complexity index is 886. The van der Waals surface area contributed by atoms with Gasteiger partial charge in [0.1, 0.15) is 5.82 Å². The van der Waals surface area contributed by atoms with Gasteiger partial charge in [0.25, 0.3) is 5.91 Å². The molecule has 0 spiro atoms. The fraction of sp³-hybridized carbons (Fsp3) is 0.250. The molecular formula is C16H17N7O. The molecule has 0 unspecified atom stereocenters. The zero-order chi connectivity index (χ0) is 16.5. The van der Waals surface area contributed by atoms with Gasteiger partial charge in [0.15, 0.2) is 11.3 Å². The van der Waals surface area contributed by atoms with E-state index < -0.39 is 0 Å². The number of nitrogens with zero attached hydrogens (tertiary/aromatic N) is 4. The monoisotopic (exact) mass is 323 g/mol. The van der Waals surface area contributed by atoms with Crippen molar-refractivity contribution in [3.05, 3.63) is 42.5 Å². The van der Waals surface area contributed by atoms with Gasteiger partial charge in [0, 0.05) is 30.2 Å². The number of aromatic nitrogens is 4. The first-order valence-electron chi connectivity index (χ1n) is 7.83. The van der Waals surface area contributed by atoms with Crippen molar-refractivity contribution in [2.24, 2.45) is 0 Å². The van der Waals surface area contributed by atoms with E-state index in [2.05, 4.69) is 25.7 Å². The molecule has 4 N–H and O–H groups in total. The van der Waals surface area contributed by atoms with Crippen LogP contribution in [0.1, 0.15) is 29.8 Å². The molecule has 1 aliphatic rings. The summed E-state index contributed by atoms with van der Waals surface area (Å²) in [5, 5.41) is 10.4. The van der Waals surface area contributed by atoms with E-state index in [1.54, 1.807) is 30.6 Å². The second-order valence-corrected chi connectivity index (χ2v) is 5.82. The van der Waals surface area contributed by atoms with E-state index in [4.69, 9.17) is 5.73 Å². The predicted molar refractivity (Wildman–Crippen MR) is 90.9 cm³/mol. The number of carbonyl (C=O) groups excluding carboxylic acids is 1. The molecule has 0 aliphatic heterocycles. The molecule has 3 heterocycles. The van der Waals surface area contributed by atoms with Crippen LogP contribution in [0.5, 0.6) is 0 Å². The number of imidazole rings is 1. The van der Waals surface area contributed by atoms with Crippen LogP contribution in [0.2, 0.25) is 0 Å². The summed E-state index contributed by atoms with van der Waals surface area (Å²) in [6, 6.07) is 5.62. The van der Waals surface area contributed by atoms with Gasteiger partial charge in [0.05, 0.1) is 11.9 Å². The molecule has 1 aliphatic carbocycles. The molecule has 3 aromatic heterocycles. The number of nitrogens with one attached hydrogen (secondary N) is 2. The normalized spacial score (nSPS) is 14.3. The number of anilines is 3. The quantitative estimate of drug-likeness (QED) is 0.676. The average Bonchev–Trinajstić information content (AvgIpc) is 2.95. The van der Waals surface area contributed by atoms with Crippen LogP contribution in [0.25, 0.3) is 5.65 Å². The molecule has 1 fully saturated rings. The number of pyridine rings is 1. The van der Waals surface area contributed by atoms with Gasteiger partial charge in [-0.1, -0.05) is 0 Å². The lowest BCUT2D eigenvalue weighted by atomic mass is 9.93. The van der Waals surface area contributed by atoms with Gasteiger partial charge in [-0.2, -0.15) is 0 Å². The highest BCUT2D eigenvalue weighted by atomic mass is 16.2. The smallest absolute Gasteiger partial charge is 0.276 e. The van der Waals surface area contributed by atoms with Crippen LogP contribution in [0.4, 0.5) is 17.2 Å². The van der Waals surface area contributed by atoms with Gasteiger partial charge in [-0.3, -0.25) is 9.78 Å². The maximum Gasteiger partial charge on any atom is 0.276 e. The zero-order valence-corrected chi connectivity index (χ0v) is 12.9. The van der Waals surface area contributed by atoms with Crippen LogP contribution < -0.4 is 16.4 Å². The lowest BCUT2D eigenvalue weighted by Crippen LogP contribution is -2.27. The minimum atomic E-state index is -0.304. The van der Waals surface area contributed by atoms with Gasteiger partial charge in [-0.25, -0.2) is 9.50 Å². The second kappa shape index (κ2) is 5.80. The number of carbonyl (C=O) groups is 1. The summed E-state index contributed by atoms with van der Waals surface area (Å²) in [7, 11) is 0. The molecular weight excluding hydrogens is 306 g/mol. The summed E-state index contributed by atoms with van der Waals surface area (Å²) < 4.78 is 1.48. The van der Waals surface area contributed by atoms with E-state index >= 15 is 0 Å². The van der Waals surface area contributed by atoms with Crippen LogP contribution in [-0.2, 0) is 0 Å². The fourth-order valence-electron chi connectivity index (χ4n) is 2.65. The summed E-state index contributed by atoms with van der Waals surface area (Å²) in [4.78, 5) is 20.8. The molecule has 0 radical (unpaired) electrons. The predicted octanol–water partition coefficient (Wildman–Crippen LogP) is 1.92. The average molecular weight is 323 g/mol. The highest BCUT2D eigenvalue weighted by Gasteiger charge is 2.21. The minimum absolute atomic E-state index is 0.304. The van der Waals surface area contributed by atoms with E-state index in [0.717, 1.165) is 18.5 Å². The zero-order valence-electron chi connectivity index (χ0n) is 12.9. The number of fused-ring (bicyclic) bond motifs is 1. The maximum atomic E-state index is 12.5. The van der Waals surface area contributed by atoms with Crippen molar-refractivity contribution < 1.29 is 4.79 Å². The van der Waals surface area contributed by atoms with E-state index in [1.807, 2.05) is 0 Å². The molecule has 0 aromatic carbocycles. The first kappa shape index (κ1) is 14.4. The van der Waals surface area contributed by atoms with E-state index in [0.29, 0.717) is 28.9 Å². The summed E-state index contributed by atoms with van der Waals surface area (Å²) in [5.74, 6) is 0.0293. The molecule has 0 atom stereocenters. The molecule has 24 heavy (non-hydrogen) atoms. The Labute approximate surface area is 138 Å². The standard InChI is InChI=1S/C16H17N7O/c17-14-8-12(20-10-2-1-3-10)15-19-9-13(23(15)22-14)16(24)21-11-4-6-18-7-5-11/h4-10,20H,1-3H2,(H2,17,22)(H,18,21,24). The van der Waals surface area contributed by atoms with Crippen LogP contribution in [0.3, 0.4) is 0 Å². The van der Waals surface area contributed by atoms with Crippen LogP contribution in [0, 0.1) is 0 Å². The summed E-state index contributed by atoms with van der Waals surface area (Å²) in [6.07, 6.45) is 8.21. The highest BCUT2D eigenvalue weighted by Crippen LogP contribution is 2.26. The van der Waals surface area contributed by atoms with Crippen molar-refractivity contribution in [1.82, 2.24) is 19.6 Å². The van der Waals surface area contributed by atoms with Gasteiger partial charge >= 0.3 is 0 Å². The Balaban J connectivity index is 1.67. The van der Waals surface area contributed by atoms with Gasteiger partial charge in [0.2, 0.25) is 0 Å². The third-order valence-electron chi connectivity index (χ3n) is 4.12. The Morgan fingerprint density at radius 3 is 2.79 bits per heavy atom. The van der Waals surface area contributed by atoms with Gasteiger partial charge in [-0.15, -0.1) is 5.10 Å². The number of nitrogen functional groups attached to an aromatic ring is 1. The number of rotatable bonds is 4. The minimum Gasteiger partial charge on any atom is -0.382 e. The SMILES string of the molecule is Nc1cc(NC2CCC2)c2ncc(C(=O)Nc3ccncc3)n2n1. The second-order valence-electron chi connectivity index (χ2n) is 5.82. The van der Waals surface area contributed by atoms with E-state index in [1.165, 1.54) is 17.1 Å². The molecule has 1 saturated carbocycles. The van der Waals surface area contributed by atoms with Gasteiger partial charge < -0.3 is 16.4 Å². The first-order valence-corrected chi connectivity index (χ1v) is 7.83. The summed E-state index contributed by atoms with van der Waals surface area (Å²) >= 11 is 0. The molecule has 4 rings (SSSR count). The van der Waals surface area contributed by atoms with Crippen molar-refractivity contribution >= 4 is 28.7 Å². The van der Waals surface area contributed by atoms with E-state index in [9.17, 15) is 4.79 Å². The molecule has 1 amide bonds. The van der Waals surface area contributed by atoms with Crippen LogP contribution in [0.15, 0.2) is 36.8 Å². The van der Waals surface area contributed by atoms with Crippen LogP contribution in [-0.4, -0.2) is 31.5 Å². The topological polar surface area (TPSA) is 110 Å². The third-order valence-corrected chi connectivity index (χ3v) is 4.12. The summed E-state index contributed by atoms with van der Waals surface area (Å²) in [5.41, 5.74) is 8.27. The molecule has 0 saturated heterocycles. The Hall–Kier alpha value is -3.16. The molecule has 3 aromatic rings. The van der Waals surface area contributed by atoms with Crippen molar-refractivity contribution in [2.75, 3.05) is 16.4 Å². The van der Waals surface area contributed by atoms with Crippen molar-refractivity contribution in [2.45, 2.75) is 25.3 Å².